The van der Waals surface area contributed by atoms with Crippen molar-refractivity contribution < 1.29 is 14.3 Å². The Morgan fingerprint density at radius 1 is 0.931 bits per heavy atom. The average Bonchev–Trinajstić information content (AvgIpc) is 2.75. The van der Waals surface area contributed by atoms with Crippen molar-refractivity contribution in [2.45, 2.75) is 13.5 Å². The Labute approximate surface area is 174 Å². The molecule has 148 valence electrons. The molecule has 0 aliphatic heterocycles. The minimum absolute atomic E-state index is 0.147. The Balaban J connectivity index is 1.49. The predicted octanol–water partition coefficient (Wildman–Crippen LogP) is 4.60. The van der Waals surface area contributed by atoms with E-state index in [1.807, 2.05) is 37.3 Å². The van der Waals surface area contributed by atoms with Crippen LogP contribution in [-0.4, -0.2) is 18.4 Å². The van der Waals surface area contributed by atoms with E-state index in [1.165, 1.54) is 0 Å². The van der Waals surface area contributed by atoms with Crippen molar-refractivity contribution in [1.29, 1.82) is 0 Å². The third-order valence-electron chi connectivity index (χ3n) is 4.32. The standard InChI is InChI=1S/C23H21ClN2O3/c1-16-20(24)8-5-9-21(16)26-22(27)15-29-19-12-10-18(11-13-19)23(28)25-14-17-6-3-2-4-7-17/h2-13H,14-15H2,1H3,(H,25,28)(H,26,27). The molecule has 0 bridgehead atoms. The second-order valence-corrected chi connectivity index (χ2v) is 6.85. The number of carbonyl (C=O) groups is 2. The van der Waals surface area contributed by atoms with E-state index in [9.17, 15) is 9.59 Å². The van der Waals surface area contributed by atoms with Gasteiger partial charge in [0.1, 0.15) is 5.75 Å². The van der Waals surface area contributed by atoms with Crippen LogP contribution in [-0.2, 0) is 11.3 Å². The van der Waals surface area contributed by atoms with Gasteiger partial charge in [0.2, 0.25) is 0 Å². The molecule has 0 heterocycles. The zero-order chi connectivity index (χ0) is 20.6. The van der Waals surface area contributed by atoms with Gasteiger partial charge in [-0.15, -0.1) is 0 Å². The molecule has 5 nitrogen and oxygen atoms in total. The molecule has 0 saturated carbocycles. The van der Waals surface area contributed by atoms with Gasteiger partial charge in [-0.1, -0.05) is 48.0 Å². The summed E-state index contributed by atoms with van der Waals surface area (Å²) in [4.78, 5) is 24.3. The van der Waals surface area contributed by atoms with Gasteiger partial charge >= 0.3 is 0 Å². The van der Waals surface area contributed by atoms with Crippen molar-refractivity contribution in [3.05, 3.63) is 94.5 Å². The van der Waals surface area contributed by atoms with Crippen LogP contribution in [0.15, 0.2) is 72.8 Å². The van der Waals surface area contributed by atoms with Crippen LogP contribution in [0.4, 0.5) is 5.69 Å². The lowest BCUT2D eigenvalue weighted by molar-refractivity contribution is -0.118. The fraction of sp³-hybridized carbons (Fsp3) is 0.130. The van der Waals surface area contributed by atoms with Gasteiger partial charge in [-0.3, -0.25) is 9.59 Å². The predicted molar refractivity (Wildman–Crippen MR) is 114 cm³/mol. The van der Waals surface area contributed by atoms with E-state index in [1.54, 1.807) is 42.5 Å². The number of rotatable bonds is 7. The van der Waals surface area contributed by atoms with Crippen LogP contribution in [0.5, 0.6) is 5.75 Å². The van der Waals surface area contributed by atoms with Crippen LogP contribution < -0.4 is 15.4 Å². The molecule has 0 fully saturated rings. The van der Waals surface area contributed by atoms with Crippen LogP contribution in [0.1, 0.15) is 21.5 Å². The molecule has 0 aliphatic carbocycles. The first-order valence-electron chi connectivity index (χ1n) is 9.13. The van der Waals surface area contributed by atoms with E-state index in [0.29, 0.717) is 28.6 Å². The summed E-state index contributed by atoms with van der Waals surface area (Å²) in [5, 5.41) is 6.23. The Morgan fingerprint density at radius 2 is 1.66 bits per heavy atom. The maximum atomic E-state index is 12.2. The van der Waals surface area contributed by atoms with E-state index in [-0.39, 0.29) is 18.4 Å². The van der Waals surface area contributed by atoms with Gasteiger partial charge in [-0.25, -0.2) is 0 Å². The molecule has 0 unspecified atom stereocenters. The average molecular weight is 409 g/mol. The molecule has 0 aliphatic rings. The largest absolute Gasteiger partial charge is 0.484 e. The van der Waals surface area contributed by atoms with Crippen LogP contribution >= 0.6 is 11.6 Å². The number of anilines is 1. The van der Waals surface area contributed by atoms with Gasteiger partial charge in [-0.05, 0) is 54.4 Å². The summed E-state index contributed by atoms with van der Waals surface area (Å²) < 4.78 is 5.50. The van der Waals surface area contributed by atoms with E-state index in [4.69, 9.17) is 16.3 Å². The first kappa shape index (κ1) is 20.4. The highest BCUT2D eigenvalue weighted by Gasteiger charge is 2.09. The van der Waals surface area contributed by atoms with Crippen molar-refractivity contribution in [2.24, 2.45) is 0 Å². The summed E-state index contributed by atoms with van der Waals surface area (Å²) in [7, 11) is 0. The summed E-state index contributed by atoms with van der Waals surface area (Å²) in [6, 6.07) is 21.7. The lowest BCUT2D eigenvalue weighted by Gasteiger charge is -2.11. The summed E-state index contributed by atoms with van der Waals surface area (Å²) in [5.41, 5.74) is 3.00. The van der Waals surface area contributed by atoms with Crippen LogP contribution in [0.25, 0.3) is 0 Å². The third kappa shape index (κ3) is 5.83. The number of hydrogen-bond acceptors (Lipinski definition) is 3. The van der Waals surface area contributed by atoms with Crippen molar-refractivity contribution in [3.8, 4) is 5.75 Å². The molecule has 3 rings (SSSR count). The molecule has 3 aromatic rings. The Bertz CT molecular complexity index is 989. The summed E-state index contributed by atoms with van der Waals surface area (Å²) >= 11 is 6.05. The molecule has 2 amide bonds. The third-order valence-corrected chi connectivity index (χ3v) is 4.73. The number of amides is 2. The number of halogens is 1. The molecule has 3 aromatic carbocycles. The van der Waals surface area contributed by atoms with Gasteiger partial charge in [0.25, 0.3) is 11.8 Å². The molecule has 6 heteroatoms. The normalized spacial score (nSPS) is 10.3. The van der Waals surface area contributed by atoms with E-state index in [2.05, 4.69) is 10.6 Å². The maximum absolute atomic E-state index is 12.2. The molecule has 0 atom stereocenters. The fourth-order valence-electron chi connectivity index (χ4n) is 2.66. The zero-order valence-corrected chi connectivity index (χ0v) is 16.7. The van der Waals surface area contributed by atoms with E-state index < -0.39 is 0 Å². The molecule has 0 aromatic heterocycles. The topological polar surface area (TPSA) is 67.4 Å². The smallest absolute Gasteiger partial charge is 0.262 e. The van der Waals surface area contributed by atoms with Crippen LogP contribution in [0.2, 0.25) is 5.02 Å². The van der Waals surface area contributed by atoms with E-state index >= 15 is 0 Å². The number of benzene rings is 3. The molecule has 0 spiro atoms. The zero-order valence-electron chi connectivity index (χ0n) is 15.9. The molecule has 0 saturated heterocycles. The number of hydrogen-bond donors (Lipinski definition) is 2. The van der Waals surface area contributed by atoms with Gasteiger partial charge in [0.05, 0.1) is 0 Å². The quantitative estimate of drug-likeness (QED) is 0.600. The monoisotopic (exact) mass is 408 g/mol. The highest BCUT2D eigenvalue weighted by Crippen LogP contribution is 2.22. The Morgan fingerprint density at radius 3 is 2.38 bits per heavy atom. The van der Waals surface area contributed by atoms with E-state index in [0.717, 1.165) is 11.1 Å². The molecular weight excluding hydrogens is 388 g/mol. The van der Waals surface area contributed by atoms with Gasteiger partial charge in [-0.2, -0.15) is 0 Å². The summed E-state index contributed by atoms with van der Waals surface area (Å²) in [6.07, 6.45) is 0. The van der Waals surface area contributed by atoms with Gasteiger partial charge < -0.3 is 15.4 Å². The van der Waals surface area contributed by atoms with Crippen molar-refractivity contribution in [2.75, 3.05) is 11.9 Å². The van der Waals surface area contributed by atoms with Crippen molar-refractivity contribution >= 4 is 29.1 Å². The SMILES string of the molecule is Cc1c(Cl)cccc1NC(=O)COc1ccc(C(=O)NCc2ccccc2)cc1. The lowest BCUT2D eigenvalue weighted by atomic mass is 10.2. The first-order valence-corrected chi connectivity index (χ1v) is 9.50. The highest BCUT2D eigenvalue weighted by atomic mass is 35.5. The van der Waals surface area contributed by atoms with Gasteiger partial charge in [0.15, 0.2) is 6.61 Å². The summed E-state index contributed by atoms with van der Waals surface area (Å²) in [5.74, 6) is 0.0391. The molecular formula is C23H21ClN2O3. The maximum Gasteiger partial charge on any atom is 0.262 e. The van der Waals surface area contributed by atoms with Gasteiger partial charge in [0, 0.05) is 22.8 Å². The minimum atomic E-state index is -0.292. The number of ether oxygens (including phenoxy) is 1. The summed E-state index contributed by atoms with van der Waals surface area (Å²) in [6.45, 7) is 2.15. The second-order valence-electron chi connectivity index (χ2n) is 6.44. The molecule has 2 N–H and O–H groups in total. The number of nitrogens with one attached hydrogen (secondary N) is 2. The lowest BCUT2D eigenvalue weighted by Crippen LogP contribution is -2.23. The van der Waals surface area contributed by atoms with Crippen molar-refractivity contribution in [1.82, 2.24) is 5.32 Å². The van der Waals surface area contributed by atoms with Crippen molar-refractivity contribution in [3.63, 3.8) is 0 Å². The fourth-order valence-corrected chi connectivity index (χ4v) is 2.84. The first-order chi connectivity index (χ1) is 14.0. The Kier molecular flexibility index (Phi) is 6.87. The minimum Gasteiger partial charge on any atom is -0.484 e. The van der Waals surface area contributed by atoms with Crippen LogP contribution in [0.3, 0.4) is 0 Å². The van der Waals surface area contributed by atoms with Crippen LogP contribution in [0, 0.1) is 6.92 Å². The Hall–Kier alpha value is -3.31. The highest BCUT2D eigenvalue weighted by molar-refractivity contribution is 6.31. The number of carbonyl (C=O) groups excluding carboxylic acids is 2. The molecule has 29 heavy (non-hydrogen) atoms. The second kappa shape index (κ2) is 9.75. The molecule has 0 radical (unpaired) electrons.